The van der Waals surface area contributed by atoms with E-state index in [-0.39, 0.29) is 6.61 Å². The molecule has 0 saturated heterocycles. The van der Waals surface area contributed by atoms with Crippen molar-refractivity contribution in [3.05, 3.63) is 23.3 Å². The van der Waals surface area contributed by atoms with Crippen molar-refractivity contribution in [1.29, 1.82) is 0 Å². The van der Waals surface area contributed by atoms with E-state index in [4.69, 9.17) is 14.6 Å². The van der Waals surface area contributed by atoms with E-state index in [1.165, 1.54) is 14.0 Å². The lowest BCUT2D eigenvalue weighted by Crippen LogP contribution is -2.00. The smallest absolute Gasteiger partial charge is 0.128 e. The Morgan fingerprint density at radius 1 is 1.24 bits per heavy atom. The summed E-state index contributed by atoms with van der Waals surface area (Å²) < 4.78 is 23.8. The fourth-order valence-electron chi connectivity index (χ4n) is 1.77. The van der Waals surface area contributed by atoms with Crippen molar-refractivity contribution in [3.8, 4) is 11.5 Å². The van der Waals surface area contributed by atoms with Gasteiger partial charge in [0, 0.05) is 18.2 Å². The molecule has 17 heavy (non-hydrogen) atoms. The van der Waals surface area contributed by atoms with E-state index < -0.39 is 6.17 Å². The molecule has 0 aromatic heterocycles. The first-order valence-corrected chi connectivity index (χ1v) is 5.63. The molecule has 96 valence electrons. The lowest BCUT2D eigenvalue weighted by molar-refractivity contribution is 0.287. The Labute approximate surface area is 101 Å². The topological polar surface area (TPSA) is 38.7 Å². The minimum absolute atomic E-state index is 0.107. The van der Waals surface area contributed by atoms with Crippen LogP contribution in [0.4, 0.5) is 4.39 Å². The van der Waals surface area contributed by atoms with Gasteiger partial charge in [-0.2, -0.15) is 0 Å². The molecule has 1 N–H and O–H groups in total. The highest BCUT2D eigenvalue weighted by atomic mass is 19.1. The van der Waals surface area contributed by atoms with Crippen LogP contribution in [0.1, 0.15) is 30.6 Å². The average Bonchev–Trinajstić information content (AvgIpc) is 2.34. The number of benzene rings is 1. The van der Waals surface area contributed by atoms with Crippen molar-refractivity contribution in [1.82, 2.24) is 0 Å². The zero-order valence-corrected chi connectivity index (χ0v) is 10.5. The second kappa shape index (κ2) is 6.45. The molecule has 1 aromatic rings. The fourth-order valence-corrected chi connectivity index (χ4v) is 1.77. The highest BCUT2D eigenvalue weighted by Gasteiger charge is 2.15. The van der Waals surface area contributed by atoms with Gasteiger partial charge in [0.15, 0.2) is 0 Å². The number of hydrogen-bond donors (Lipinski definition) is 1. The number of aryl methyl sites for hydroxylation is 1. The minimum Gasteiger partial charge on any atom is -0.496 e. The van der Waals surface area contributed by atoms with Crippen molar-refractivity contribution < 1.29 is 19.0 Å². The highest BCUT2D eigenvalue weighted by Crippen LogP contribution is 2.34. The number of alkyl halides is 1. The van der Waals surface area contributed by atoms with Gasteiger partial charge in [-0.25, -0.2) is 4.39 Å². The van der Waals surface area contributed by atoms with Gasteiger partial charge in [0.2, 0.25) is 0 Å². The van der Waals surface area contributed by atoms with E-state index in [1.807, 2.05) is 0 Å². The quantitative estimate of drug-likeness (QED) is 0.833. The molecule has 1 rings (SSSR count). The molecule has 0 amide bonds. The molecular formula is C13H19FO3. The zero-order valence-electron chi connectivity index (χ0n) is 10.5. The van der Waals surface area contributed by atoms with Crippen molar-refractivity contribution in [2.75, 3.05) is 20.8 Å². The Bertz CT molecular complexity index is 364. The Kier molecular flexibility index (Phi) is 5.22. The number of halogens is 1. The van der Waals surface area contributed by atoms with Crippen LogP contribution in [-0.2, 0) is 6.42 Å². The molecule has 0 aliphatic carbocycles. The molecule has 4 heteroatoms. The van der Waals surface area contributed by atoms with Crippen LogP contribution in [-0.4, -0.2) is 25.9 Å². The second-order valence-electron chi connectivity index (χ2n) is 3.85. The largest absolute Gasteiger partial charge is 0.496 e. The van der Waals surface area contributed by atoms with Gasteiger partial charge in [0.05, 0.1) is 14.2 Å². The minimum atomic E-state index is -1.09. The third kappa shape index (κ3) is 3.33. The van der Waals surface area contributed by atoms with Crippen molar-refractivity contribution in [2.45, 2.75) is 25.9 Å². The third-order valence-electron chi connectivity index (χ3n) is 2.67. The number of rotatable bonds is 6. The zero-order chi connectivity index (χ0) is 12.8. The van der Waals surface area contributed by atoms with Gasteiger partial charge in [-0.15, -0.1) is 0 Å². The van der Waals surface area contributed by atoms with E-state index in [2.05, 4.69) is 0 Å². The highest BCUT2D eigenvalue weighted by molar-refractivity contribution is 5.47. The summed E-state index contributed by atoms with van der Waals surface area (Å²) in [4.78, 5) is 0. The van der Waals surface area contributed by atoms with Crippen LogP contribution in [0.15, 0.2) is 12.1 Å². The van der Waals surface area contributed by atoms with Gasteiger partial charge in [0.25, 0.3) is 0 Å². The summed E-state index contributed by atoms with van der Waals surface area (Å²) >= 11 is 0. The summed E-state index contributed by atoms with van der Waals surface area (Å²) in [6, 6.07) is 3.44. The van der Waals surface area contributed by atoms with Gasteiger partial charge in [-0.3, -0.25) is 0 Å². The Hall–Kier alpha value is -1.29. The summed E-state index contributed by atoms with van der Waals surface area (Å²) in [6.07, 6.45) is 0.190. The predicted octanol–water partition coefficient (Wildman–Crippen LogP) is 2.66. The molecule has 3 nitrogen and oxygen atoms in total. The molecule has 0 spiro atoms. The molecule has 0 aliphatic rings. The number of aliphatic hydroxyl groups is 1. The normalized spacial score (nSPS) is 12.3. The van der Waals surface area contributed by atoms with Crippen LogP contribution >= 0.6 is 0 Å². The van der Waals surface area contributed by atoms with Crippen molar-refractivity contribution in [3.63, 3.8) is 0 Å². The maximum absolute atomic E-state index is 13.4. The molecular weight excluding hydrogens is 223 g/mol. The van der Waals surface area contributed by atoms with Crippen LogP contribution in [0, 0.1) is 0 Å². The average molecular weight is 242 g/mol. The van der Waals surface area contributed by atoms with Gasteiger partial charge < -0.3 is 14.6 Å². The van der Waals surface area contributed by atoms with Gasteiger partial charge in [-0.05, 0) is 31.4 Å². The molecule has 1 aromatic carbocycles. The summed E-state index contributed by atoms with van der Waals surface area (Å²) in [5.41, 5.74) is 1.41. The molecule has 0 heterocycles. The number of aliphatic hydroxyl groups excluding tert-OH is 1. The second-order valence-corrected chi connectivity index (χ2v) is 3.85. The summed E-state index contributed by atoms with van der Waals surface area (Å²) in [5, 5.41) is 8.83. The SMILES string of the molecule is COc1cc(OC)c(C(C)F)cc1CCCO. The van der Waals surface area contributed by atoms with E-state index >= 15 is 0 Å². The van der Waals surface area contributed by atoms with E-state index in [9.17, 15) is 4.39 Å². The first kappa shape index (κ1) is 13.8. The van der Waals surface area contributed by atoms with Gasteiger partial charge in [-0.1, -0.05) is 0 Å². The van der Waals surface area contributed by atoms with Crippen molar-refractivity contribution in [2.24, 2.45) is 0 Å². The molecule has 0 aliphatic heterocycles. The van der Waals surface area contributed by atoms with Gasteiger partial charge in [0.1, 0.15) is 17.7 Å². The Balaban J connectivity index is 3.14. The summed E-state index contributed by atoms with van der Waals surface area (Å²) in [7, 11) is 3.07. The van der Waals surface area contributed by atoms with Crippen LogP contribution in [0.2, 0.25) is 0 Å². The fraction of sp³-hybridized carbons (Fsp3) is 0.538. The molecule has 0 bridgehead atoms. The first-order chi connectivity index (χ1) is 8.13. The van der Waals surface area contributed by atoms with Crippen molar-refractivity contribution >= 4 is 0 Å². The van der Waals surface area contributed by atoms with E-state index in [0.717, 1.165) is 5.56 Å². The number of hydrogen-bond acceptors (Lipinski definition) is 3. The summed E-state index contributed by atoms with van der Waals surface area (Å²) in [5.74, 6) is 1.16. The standard InChI is InChI=1S/C13H19FO3/c1-9(14)11-7-10(5-4-6-15)12(16-2)8-13(11)17-3/h7-9,15H,4-6H2,1-3H3. The van der Waals surface area contributed by atoms with Crippen LogP contribution < -0.4 is 9.47 Å². The molecule has 0 fully saturated rings. The van der Waals surface area contributed by atoms with Crippen LogP contribution in [0.5, 0.6) is 11.5 Å². The maximum atomic E-state index is 13.4. The monoisotopic (exact) mass is 242 g/mol. The maximum Gasteiger partial charge on any atom is 0.128 e. The Morgan fingerprint density at radius 2 is 1.88 bits per heavy atom. The van der Waals surface area contributed by atoms with Gasteiger partial charge >= 0.3 is 0 Å². The lowest BCUT2D eigenvalue weighted by Gasteiger charge is -2.15. The first-order valence-electron chi connectivity index (χ1n) is 5.63. The summed E-state index contributed by atoms with van der Waals surface area (Å²) in [6.45, 7) is 1.58. The number of ether oxygens (including phenoxy) is 2. The van der Waals surface area contributed by atoms with E-state index in [0.29, 0.717) is 29.9 Å². The van der Waals surface area contributed by atoms with Crippen LogP contribution in [0.25, 0.3) is 0 Å². The predicted molar refractivity (Wildman–Crippen MR) is 64.5 cm³/mol. The molecule has 0 radical (unpaired) electrons. The molecule has 0 saturated carbocycles. The molecule has 1 atom stereocenters. The van der Waals surface area contributed by atoms with E-state index in [1.54, 1.807) is 19.2 Å². The molecule has 1 unspecified atom stereocenters. The Morgan fingerprint density at radius 3 is 2.35 bits per heavy atom. The van der Waals surface area contributed by atoms with Crippen LogP contribution in [0.3, 0.4) is 0 Å². The lowest BCUT2D eigenvalue weighted by atomic mass is 10.0. The third-order valence-corrected chi connectivity index (χ3v) is 2.67. The number of methoxy groups -OCH3 is 2.